The lowest BCUT2D eigenvalue weighted by Crippen LogP contribution is -2.48. The molecule has 2 aromatic rings. The zero-order chi connectivity index (χ0) is 18.2. The molecule has 5 nitrogen and oxygen atoms in total. The first-order valence-electron chi connectivity index (χ1n) is 9.38. The number of aliphatic imine (C=N–C) groups is 1. The number of benzene rings is 1. The van der Waals surface area contributed by atoms with Crippen molar-refractivity contribution >= 4 is 5.96 Å². The molecule has 0 saturated carbocycles. The number of aryl methyl sites for hydroxylation is 1. The number of aromatic nitrogens is 1. The third kappa shape index (κ3) is 4.82. The maximum absolute atomic E-state index is 6.04. The van der Waals surface area contributed by atoms with Crippen LogP contribution in [0.1, 0.15) is 29.8 Å². The molecule has 1 fully saturated rings. The Morgan fingerprint density at radius 2 is 2.12 bits per heavy atom. The topological polar surface area (TPSA) is 49.8 Å². The molecule has 0 aliphatic carbocycles. The number of hydrogen-bond donors (Lipinski definition) is 1. The number of pyridine rings is 1. The SMILES string of the molecule is CCNC(=NCCc1ccccn1)N1CCOC(c2ccccc2C)C1. The van der Waals surface area contributed by atoms with Crippen LogP contribution < -0.4 is 5.32 Å². The highest BCUT2D eigenvalue weighted by Gasteiger charge is 2.25. The largest absolute Gasteiger partial charge is 0.370 e. The third-order valence-electron chi connectivity index (χ3n) is 4.59. The first-order chi connectivity index (χ1) is 12.8. The van der Waals surface area contributed by atoms with Crippen LogP contribution in [0.3, 0.4) is 0 Å². The molecule has 1 unspecified atom stereocenters. The Hall–Kier alpha value is -2.40. The molecule has 2 heterocycles. The van der Waals surface area contributed by atoms with Gasteiger partial charge in [-0.1, -0.05) is 30.3 Å². The van der Waals surface area contributed by atoms with Crippen LogP contribution in [0.15, 0.2) is 53.7 Å². The van der Waals surface area contributed by atoms with Gasteiger partial charge in [0.1, 0.15) is 6.10 Å². The van der Waals surface area contributed by atoms with Crippen molar-refractivity contribution in [3.05, 3.63) is 65.5 Å². The van der Waals surface area contributed by atoms with E-state index < -0.39 is 0 Å². The van der Waals surface area contributed by atoms with E-state index in [4.69, 9.17) is 9.73 Å². The summed E-state index contributed by atoms with van der Waals surface area (Å²) < 4.78 is 6.04. The lowest BCUT2D eigenvalue weighted by molar-refractivity contribution is -0.00832. The molecule has 1 N–H and O–H groups in total. The summed E-state index contributed by atoms with van der Waals surface area (Å²) in [5.74, 6) is 0.963. The minimum Gasteiger partial charge on any atom is -0.370 e. The van der Waals surface area contributed by atoms with Crippen molar-refractivity contribution in [3.63, 3.8) is 0 Å². The normalized spacial score (nSPS) is 18.0. The van der Waals surface area contributed by atoms with Crippen molar-refractivity contribution in [2.45, 2.75) is 26.4 Å². The Labute approximate surface area is 156 Å². The summed E-state index contributed by atoms with van der Waals surface area (Å²) >= 11 is 0. The maximum Gasteiger partial charge on any atom is 0.194 e. The van der Waals surface area contributed by atoms with Crippen molar-refractivity contribution in [3.8, 4) is 0 Å². The molecule has 3 rings (SSSR count). The van der Waals surface area contributed by atoms with E-state index in [0.29, 0.717) is 6.61 Å². The van der Waals surface area contributed by atoms with Crippen molar-refractivity contribution < 1.29 is 4.74 Å². The van der Waals surface area contributed by atoms with E-state index in [2.05, 4.69) is 53.3 Å². The second kappa shape index (κ2) is 9.34. The summed E-state index contributed by atoms with van der Waals surface area (Å²) in [7, 11) is 0. The maximum atomic E-state index is 6.04. The smallest absolute Gasteiger partial charge is 0.194 e. The average molecular weight is 352 g/mol. The Morgan fingerprint density at radius 3 is 2.88 bits per heavy atom. The minimum atomic E-state index is 0.0876. The zero-order valence-electron chi connectivity index (χ0n) is 15.7. The number of morpholine rings is 1. The number of guanidine groups is 1. The van der Waals surface area contributed by atoms with Gasteiger partial charge in [-0.2, -0.15) is 0 Å². The van der Waals surface area contributed by atoms with Crippen LogP contribution in [-0.4, -0.2) is 48.6 Å². The highest BCUT2D eigenvalue weighted by atomic mass is 16.5. The Kier molecular flexibility index (Phi) is 6.61. The van der Waals surface area contributed by atoms with E-state index in [1.807, 2.05) is 24.4 Å². The molecule has 26 heavy (non-hydrogen) atoms. The standard InChI is InChI=1S/C21H28N4O/c1-3-22-21(24-13-11-18-9-6-7-12-23-18)25-14-15-26-20(16-25)19-10-5-4-8-17(19)2/h4-10,12,20H,3,11,13-16H2,1-2H3,(H,22,24). The van der Waals surface area contributed by atoms with Crippen LogP contribution in [0.25, 0.3) is 0 Å². The van der Waals surface area contributed by atoms with Gasteiger partial charge in [0, 0.05) is 37.9 Å². The van der Waals surface area contributed by atoms with Gasteiger partial charge in [-0.3, -0.25) is 9.98 Å². The van der Waals surface area contributed by atoms with E-state index in [9.17, 15) is 0 Å². The van der Waals surface area contributed by atoms with Gasteiger partial charge in [0.05, 0.1) is 13.2 Å². The highest BCUT2D eigenvalue weighted by molar-refractivity contribution is 5.80. The molecule has 1 atom stereocenters. The number of nitrogens with zero attached hydrogens (tertiary/aromatic N) is 3. The van der Waals surface area contributed by atoms with Crippen LogP contribution in [0.2, 0.25) is 0 Å². The predicted octanol–water partition coefficient (Wildman–Crippen LogP) is 2.97. The van der Waals surface area contributed by atoms with Gasteiger partial charge in [0.2, 0.25) is 0 Å². The zero-order valence-corrected chi connectivity index (χ0v) is 15.7. The number of hydrogen-bond acceptors (Lipinski definition) is 3. The van der Waals surface area contributed by atoms with Crippen molar-refractivity contribution in [1.29, 1.82) is 0 Å². The Morgan fingerprint density at radius 1 is 1.27 bits per heavy atom. The molecule has 0 amide bonds. The lowest BCUT2D eigenvalue weighted by atomic mass is 10.0. The van der Waals surface area contributed by atoms with Gasteiger partial charge < -0.3 is 15.0 Å². The first-order valence-corrected chi connectivity index (χ1v) is 9.38. The number of ether oxygens (including phenoxy) is 1. The molecular formula is C21H28N4O. The molecule has 0 radical (unpaired) electrons. The highest BCUT2D eigenvalue weighted by Crippen LogP contribution is 2.24. The van der Waals surface area contributed by atoms with Crippen molar-refractivity contribution in [2.24, 2.45) is 4.99 Å². The predicted molar refractivity (Wildman–Crippen MR) is 105 cm³/mol. The fourth-order valence-corrected chi connectivity index (χ4v) is 3.23. The molecule has 0 spiro atoms. The third-order valence-corrected chi connectivity index (χ3v) is 4.59. The number of nitrogens with one attached hydrogen (secondary N) is 1. The van der Waals surface area contributed by atoms with Gasteiger partial charge in [-0.05, 0) is 37.1 Å². The van der Waals surface area contributed by atoms with Crippen LogP contribution in [0, 0.1) is 6.92 Å². The second-order valence-corrected chi connectivity index (χ2v) is 6.47. The molecule has 1 aromatic heterocycles. The van der Waals surface area contributed by atoms with E-state index in [1.54, 1.807) is 0 Å². The molecule has 1 aromatic carbocycles. The fraction of sp³-hybridized carbons (Fsp3) is 0.429. The first kappa shape index (κ1) is 18.4. The molecule has 5 heteroatoms. The van der Waals surface area contributed by atoms with Crippen LogP contribution in [0.4, 0.5) is 0 Å². The molecule has 1 saturated heterocycles. The molecule has 0 bridgehead atoms. The van der Waals surface area contributed by atoms with Crippen LogP contribution >= 0.6 is 0 Å². The van der Waals surface area contributed by atoms with Crippen molar-refractivity contribution in [2.75, 3.05) is 32.8 Å². The van der Waals surface area contributed by atoms with E-state index in [1.165, 1.54) is 11.1 Å². The minimum absolute atomic E-state index is 0.0876. The summed E-state index contributed by atoms with van der Waals surface area (Å²) in [5.41, 5.74) is 3.62. The van der Waals surface area contributed by atoms with Gasteiger partial charge >= 0.3 is 0 Å². The number of rotatable bonds is 5. The van der Waals surface area contributed by atoms with E-state index >= 15 is 0 Å². The van der Waals surface area contributed by atoms with Crippen LogP contribution in [0.5, 0.6) is 0 Å². The lowest BCUT2D eigenvalue weighted by Gasteiger charge is -2.35. The summed E-state index contributed by atoms with van der Waals surface area (Å²) in [6.07, 6.45) is 2.77. The summed E-state index contributed by atoms with van der Waals surface area (Å²) in [5, 5.41) is 3.43. The molecule has 138 valence electrons. The van der Waals surface area contributed by atoms with Gasteiger partial charge in [0.25, 0.3) is 0 Å². The van der Waals surface area contributed by atoms with Gasteiger partial charge in [-0.15, -0.1) is 0 Å². The fourth-order valence-electron chi connectivity index (χ4n) is 3.23. The van der Waals surface area contributed by atoms with Gasteiger partial charge in [0.15, 0.2) is 5.96 Å². The van der Waals surface area contributed by atoms with E-state index in [0.717, 1.165) is 44.3 Å². The molecule has 1 aliphatic heterocycles. The van der Waals surface area contributed by atoms with Gasteiger partial charge in [-0.25, -0.2) is 0 Å². The van der Waals surface area contributed by atoms with Crippen LogP contribution in [-0.2, 0) is 11.2 Å². The summed E-state index contributed by atoms with van der Waals surface area (Å²) in [6, 6.07) is 14.5. The van der Waals surface area contributed by atoms with Crippen molar-refractivity contribution in [1.82, 2.24) is 15.2 Å². The molecule has 1 aliphatic rings. The quantitative estimate of drug-likeness (QED) is 0.664. The molecular weight excluding hydrogens is 324 g/mol. The monoisotopic (exact) mass is 352 g/mol. The summed E-state index contributed by atoms with van der Waals surface area (Å²) in [6.45, 7) is 8.22. The van der Waals surface area contributed by atoms with E-state index in [-0.39, 0.29) is 6.10 Å². The second-order valence-electron chi connectivity index (χ2n) is 6.47. The summed E-state index contributed by atoms with van der Waals surface area (Å²) in [4.78, 5) is 11.5. The average Bonchev–Trinajstić information content (AvgIpc) is 2.69. The Bertz CT molecular complexity index is 717. The Balaban J connectivity index is 1.66.